The lowest BCUT2D eigenvalue weighted by atomic mass is 9.97. The van der Waals surface area contributed by atoms with Crippen LogP contribution in [0.25, 0.3) is 0 Å². The van der Waals surface area contributed by atoms with Crippen LogP contribution in [0.1, 0.15) is 24.5 Å². The van der Waals surface area contributed by atoms with Gasteiger partial charge >= 0.3 is 0 Å². The minimum atomic E-state index is 0.573. The summed E-state index contributed by atoms with van der Waals surface area (Å²) < 4.78 is 1.11. The van der Waals surface area contributed by atoms with Crippen molar-refractivity contribution in [3.05, 3.63) is 64.1 Å². The van der Waals surface area contributed by atoms with E-state index in [1.54, 1.807) is 0 Å². The minimum Gasteiger partial charge on any atom is -0.362 e. The number of rotatable bonds is 6. The van der Waals surface area contributed by atoms with E-state index in [9.17, 15) is 0 Å². The highest BCUT2D eigenvalue weighted by Crippen LogP contribution is 2.20. The zero-order valence-electron chi connectivity index (χ0n) is 13.6. The Morgan fingerprint density at radius 1 is 1.17 bits per heavy atom. The van der Waals surface area contributed by atoms with E-state index in [4.69, 9.17) is 12.2 Å². The van der Waals surface area contributed by atoms with E-state index in [2.05, 4.69) is 76.8 Å². The van der Waals surface area contributed by atoms with Crippen molar-refractivity contribution in [1.29, 1.82) is 0 Å². The lowest BCUT2D eigenvalue weighted by molar-refractivity contribution is 0.498. The molecule has 2 aromatic carbocycles. The lowest BCUT2D eigenvalue weighted by Gasteiger charge is -2.18. The summed E-state index contributed by atoms with van der Waals surface area (Å²) in [7, 11) is 0. The molecule has 1 atom stereocenters. The van der Waals surface area contributed by atoms with E-state index in [-0.39, 0.29) is 0 Å². The number of aryl methyl sites for hydroxylation is 1. The summed E-state index contributed by atoms with van der Waals surface area (Å²) in [5.74, 6) is 0.573. The van der Waals surface area contributed by atoms with Gasteiger partial charge < -0.3 is 10.6 Å². The zero-order valence-corrected chi connectivity index (χ0v) is 16.0. The number of hydrogen-bond donors (Lipinski definition) is 2. The fourth-order valence-corrected chi connectivity index (χ4v) is 2.89. The number of nitrogens with one attached hydrogen (secondary N) is 2. The quantitative estimate of drug-likeness (QED) is 0.653. The van der Waals surface area contributed by atoms with Crippen molar-refractivity contribution < 1.29 is 0 Å². The summed E-state index contributed by atoms with van der Waals surface area (Å²) in [5.41, 5.74) is 3.58. The van der Waals surface area contributed by atoms with E-state index < -0.39 is 0 Å². The van der Waals surface area contributed by atoms with E-state index in [0.717, 1.165) is 29.5 Å². The average molecular weight is 391 g/mol. The predicted octanol–water partition coefficient (Wildman–Crippen LogP) is 5.31. The van der Waals surface area contributed by atoms with Crippen molar-refractivity contribution in [3.63, 3.8) is 0 Å². The van der Waals surface area contributed by atoms with Crippen LogP contribution in [-0.2, 0) is 6.42 Å². The number of anilines is 1. The van der Waals surface area contributed by atoms with Crippen LogP contribution in [0.4, 0.5) is 5.69 Å². The van der Waals surface area contributed by atoms with Crippen molar-refractivity contribution in [1.82, 2.24) is 5.32 Å². The van der Waals surface area contributed by atoms with Crippen LogP contribution >= 0.6 is 28.1 Å². The molecule has 0 unspecified atom stereocenters. The van der Waals surface area contributed by atoms with Crippen LogP contribution in [-0.4, -0.2) is 11.7 Å². The Hall–Kier alpha value is -1.39. The molecule has 2 rings (SSSR count). The van der Waals surface area contributed by atoms with Gasteiger partial charge in [-0.25, -0.2) is 0 Å². The maximum atomic E-state index is 5.41. The zero-order chi connectivity index (χ0) is 16.7. The molecule has 0 aliphatic carbocycles. The highest BCUT2D eigenvalue weighted by Gasteiger charge is 2.08. The van der Waals surface area contributed by atoms with Gasteiger partial charge in [-0.1, -0.05) is 59.6 Å². The number of halogens is 1. The van der Waals surface area contributed by atoms with Crippen LogP contribution < -0.4 is 10.6 Å². The normalized spacial score (nSPS) is 11.8. The van der Waals surface area contributed by atoms with Gasteiger partial charge in [0.15, 0.2) is 5.11 Å². The van der Waals surface area contributed by atoms with Crippen molar-refractivity contribution in [2.75, 3.05) is 11.9 Å². The molecule has 0 amide bonds. The topological polar surface area (TPSA) is 24.1 Å². The fraction of sp³-hybridized carbons (Fsp3) is 0.316. The second-order valence-electron chi connectivity index (χ2n) is 5.76. The first-order valence-corrected chi connectivity index (χ1v) is 9.13. The monoisotopic (exact) mass is 390 g/mol. The van der Waals surface area contributed by atoms with Crippen molar-refractivity contribution >= 4 is 38.9 Å². The molecule has 0 saturated carbocycles. The Kier molecular flexibility index (Phi) is 7.06. The summed E-state index contributed by atoms with van der Waals surface area (Å²) in [6.07, 6.45) is 2.20. The van der Waals surface area contributed by atoms with Gasteiger partial charge in [0.2, 0.25) is 0 Å². The van der Waals surface area contributed by atoms with Gasteiger partial charge in [0.1, 0.15) is 0 Å². The van der Waals surface area contributed by atoms with Gasteiger partial charge in [-0.3, -0.25) is 0 Å². The molecule has 0 aliphatic heterocycles. The molecule has 0 fully saturated rings. The molecular formula is C19H23BrN2S. The fourth-order valence-electron chi connectivity index (χ4n) is 2.44. The highest BCUT2D eigenvalue weighted by molar-refractivity contribution is 9.10. The molecule has 4 heteroatoms. The number of benzene rings is 2. The second-order valence-corrected chi connectivity index (χ2v) is 7.03. The Balaban J connectivity index is 1.83. The molecular weight excluding hydrogens is 368 g/mol. The Morgan fingerprint density at radius 2 is 1.91 bits per heavy atom. The molecule has 2 N–H and O–H groups in total. The summed E-state index contributed by atoms with van der Waals surface area (Å²) in [6.45, 7) is 5.18. The van der Waals surface area contributed by atoms with Gasteiger partial charge in [-0.15, -0.1) is 0 Å². The van der Waals surface area contributed by atoms with Gasteiger partial charge in [-0.2, -0.15) is 0 Å². The molecule has 0 spiro atoms. The number of thiocarbonyl (C=S) groups is 1. The lowest BCUT2D eigenvalue weighted by Crippen LogP contribution is -2.33. The van der Waals surface area contributed by atoms with Gasteiger partial charge in [-0.05, 0) is 60.8 Å². The molecule has 0 radical (unpaired) electrons. The second kappa shape index (κ2) is 9.04. The van der Waals surface area contributed by atoms with Crippen LogP contribution in [0.15, 0.2) is 53.0 Å². The maximum absolute atomic E-state index is 5.41. The first kappa shape index (κ1) is 18.0. The van der Waals surface area contributed by atoms with Crippen LogP contribution in [0.5, 0.6) is 0 Å². The smallest absolute Gasteiger partial charge is 0.170 e. The average Bonchev–Trinajstić information content (AvgIpc) is 2.56. The van der Waals surface area contributed by atoms with Gasteiger partial charge in [0.05, 0.1) is 0 Å². The maximum Gasteiger partial charge on any atom is 0.170 e. The Labute approximate surface area is 152 Å². The third kappa shape index (κ3) is 5.96. The van der Waals surface area contributed by atoms with E-state index in [1.807, 2.05) is 12.1 Å². The molecule has 122 valence electrons. The van der Waals surface area contributed by atoms with Crippen molar-refractivity contribution in [2.24, 2.45) is 5.92 Å². The Bertz CT molecular complexity index is 643. The summed E-state index contributed by atoms with van der Waals surface area (Å²) >= 11 is 8.92. The number of hydrogen-bond acceptors (Lipinski definition) is 1. The van der Waals surface area contributed by atoms with E-state index in [1.165, 1.54) is 11.1 Å². The molecule has 23 heavy (non-hydrogen) atoms. The third-order valence-corrected chi connectivity index (χ3v) is 5.05. The summed E-state index contributed by atoms with van der Waals surface area (Å²) in [5, 5.41) is 7.28. The van der Waals surface area contributed by atoms with E-state index >= 15 is 0 Å². The summed E-state index contributed by atoms with van der Waals surface area (Å²) in [6, 6.07) is 16.8. The van der Waals surface area contributed by atoms with Crippen molar-refractivity contribution in [3.8, 4) is 0 Å². The van der Waals surface area contributed by atoms with Crippen LogP contribution in [0.2, 0.25) is 0 Å². The van der Waals surface area contributed by atoms with E-state index in [0.29, 0.717) is 11.0 Å². The Morgan fingerprint density at radius 3 is 2.57 bits per heavy atom. The third-order valence-electron chi connectivity index (χ3n) is 3.91. The highest BCUT2D eigenvalue weighted by atomic mass is 79.9. The molecule has 2 nitrogen and oxygen atoms in total. The molecule has 0 aliphatic rings. The first-order chi connectivity index (χ1) is 11.1. The van der Waals surface area contributed by atoms with Gasteiger partial charge in [0, 0.05) is 16.7 Å². The predicted molar refractivity (Wildman–Crippen MR) is 107 cm³/mol. The standard InChI is InChI=1S/C19H23BrN2S/c1-3-15(12-16-7-5-4-6-8-16)13-21-19(23)22-17-9-10-18(20)14(2)11-17/h4-11,15H,3,12-13H2,1-2H3,(H2,21,22,23)/t15-/m1/s1. The largest absolute Gasteiger partial charge is 0.362 e. The minimum absolute atomic E-state index is 0.573. The first-order valence-electron chi connectivity index (χ1n) is 7.93. The molecule has 0 bridgehead atoms. The summed E-state index contributed by atoms with van der Waals surface area (Å²) in [4.78, 5) is 0. The van der Waals surface area contributed by atoms with Crippen LogP contribution in [0, 0.1) is 12.8 Å². The molecule has 0 aromatic heterocycles. The van der Waals surface area contributed by atoms with Gasteiger partial charge in [0.25, 0.3) is 0 Å². The molecule has 2 aromatic rings. The molecule has 0 heterocycles. The SMILES string of the molecule is CC[C@@H](CNC(=S)Nc1ccc(Br)c(C)c1)Cc1ccccc1. The molecule has 0 saturated heterocycles. The van der Waals surface area contributed by atoms with Crippen LogP contribution in [0.3, 0.4) is 0 Å². The van der Waals surface area contributed by atoms with Crippen molar-refractivity contribution in [2.45, 2.75) is 26.7 Å².